The molecule has 1 aliphatic carbocycles. The van der Waals surface area contributed by atoms with Gasteiger partial charge in [0.25, 0.3) is 0 Å². The summed E-state index contributed by atoms with van der Waals surface area (Å²) in [5.41, 5.74) is 2.65. The van der Waals surface area contributed by atoms with Crippen LogP contribution in [0.5, 0.6) is 0 Å². The molecule has 2 aliphatic rings. The number of hydrogen-bond donors (Lipinski definition) is 1. The van der Waals surface area contributed by atoms with Crippen molar-refractivity contribution in [2.45, 2.75) is 44.1 Å². The van der Waals surface area contributed by atoms with E-state index in [9.17, 15) is 9.90 Å². The number of hydrogen-bond acceptors (Lipinski definition) is 2. The number of carboxylic acids is 1. The standard InChI is InChI=1S/C16H21NO2/c18-16(19)11-15(17-9-3-4-10-17)14-6-2-1-5-13(14)12-7-8-12/h1-2,5-6,12,15H,3-4,7-11H2,(H,18,19). The van der Waals surface area contributed by atoms with Crippen LogP contribution in [-0.2, 0) is 4.79 Å². The van der Waals surface area contributed by atoms with Crippen molar-refractivity contribution < 1.29 is 9.90 Å². The van der Waals surface area contributed by atoms with Crippen LogP contribution >= 0.6 is 0 Å². The molecule has 1 aromatic rings. The first-order valence-corrected chi connectivity index (χ1v) is 7.30. The first-order valence-electron chi connectivity index (χ1n) is 7.30. The van der Waals surface area contributed by atoms with Gasteiger partial charge in [-0.05, 0) is 55.8 Å². The fraction of sp³-hybridized carbons (Fsp3) is 0.562. The van der Waals surface area contributed by atoms with E-state index in [1.807, 2.05) is 6.07 Å². The highest BCUT2D eigenvalue weighted by atomic mass is 16.4. The second-order valence-corrected chi connectivity index (χ2v) is 5.76. The monoisotopic (exact) mass is 259 g/mol. The maximum absolute atomic E-state index is 11.2. The van der Waals surface area contributed by atoms with Crippen molar-refractivity contribution in [1.29, 1.82) is 0 Å². The van der Waals surface area contributed by atoms with Crippen molar-refractivity contribution >= 4 is 5.97 Å². The molecular formula is C16H21NO2. The molecule has 19 heavy (non-hydrogen) atoms. The predicted molar refractivity (Wildman–Crippen MR) is 74.2 cm³/mol. The molecule has 1 aliphatic heterocycles. The zero-order chi connectivity index (χ0) is 13.2. The van der Waals surface area contributed by atoms with Gasteiger partial charge in [0.2, 0.25) is 0 Å². The summed E-state index contributed by atoms with van der Waals surface area (Å²) in [4.78, 5) is 13.6. The highest BCUT2D eigenvalue weighted by molar-refractivity contribution is 5.68. The molecule has 0 aromatic heterocycles. The van der Waals surface area contributed by atoms with Crippen molar-refractivity contribution in [2.75, 3.05) is 13.1 Å². The summed E-state index contributed by atoms with van der Waals surface area (Å²) in [5.74, 6) is -0.0161. The van der Waals surface area contributed by atoms with E-state index in [1.165, 1.54) is 36.8 Å². The Bertz CT molecular complexity index is 462. The van der Waals surface area contributed by atoms with Crippen LogP contribution in [0.4, 0.5) is 0 Å². The van der Waals surface area contributed by atoms with Gasteiger partial charge in [-0.3, -0.25) is 9.69 Å². The minimum atomic E-state index is -0.692. The Morgan fingerprint density at radius 2 is 1.95 bits per heavy atom. The molecule has 3 rings (SSSR count). The van der Waals surface area contributed by atoms with Gasteiger partial charge in [-0.1, -0.05) is 24.3 Å². The Morgan fingerprint density at radius 3 is 2.58 bits per heavy atom. The zero-order valence-corrected chi connectivity index (χ0v) is 11.2. The Hall–Kier alpha value is -1.35. The SMILES string of the molecule is O=C(O)CC(c1ccccc1C1CC1)N1CCCC1. The number of carbonyl (C=O) groups is 1. The number of nitrogens with zero attached hydrogens (tertiary/aromatic N) is 1. The normalized spacial score (nSPS) is 21.5. The van der Waals surface area contributed by atoms with Crippen LogP contribution in [0.15, 0.2) is 24.3 Å². The van der Waals surface area contributed by atoms with E-state index in [0.717, 1.165) is 13.1 Å². The lowest BCUT2D eigenvalue weighted by Crippen LogP contribution is -2.28. The van der Waals surface area contributed by atoms with Gasteiger partial charge in [0.05, 0.1) is 6.42 Å². The van der Waals surface area contributed by atoms with E-state index in [0.29, 0.717) is 5.92 Å². The highest BCUT2D eigenvalue weighted by Crippen LogP contribution is 2.44. The van der Waals surface area contributed by atoms with Crippen LogP contribution in [0.1, 0.15) is 55.2 Å². The average molecular weight is 259 g/mol. The van der Waals surface area contributed by atoms with Gasteiger partial charge in [-0.25, -0.2) is 0 Å². The third kappa shape index (κ3) is 2.81. The minimum absolute atomic E-state index is 0.0665. The lowest BCUT2D eigenvalue weighted by atomic mass is 9.94. The van der Waals surface area contributed by atoms with Crippen LogP contribution in [0.3, 0.4) is 0 Å². The summed E-state index contributed by atoms with van der Waals surface area (Å²) in [6.45, 7) is 2.08. The zero-order valence-electron chi connectivity index (χ0n) is 11.2. The Labute approximate surface area is 114 Å². The summed E-state index contributed by atoms with van der Waals surface area (Å²) in [6, 6.07) is 8.53. The number of benzene rings is 1. The fourth-order valence-electron chi connectivity index (χ4n) is 3.23. The summed E-state index contributed by atoms with van der Waals surface area (Å²) in [5, 5.41) is 9.22. The molecule has 0 bridgehead atoms. The number of rotatable bonds is 5. The van der Waals surface area contributed by atoms with Gasteiger partial charge >= 0.3 is 5.97 Å². The largest absolute Gasteiger partial charge is 0.481 e. The quantitative estimate of drug-likeness (QED) is 0.883. The molecule has 2 fully saturated rings. The third-order valence-electron chi connectivity index (χ3n) is 4.32. The smallest absolute Gasteiger partial charge is 0.305 e. The molecule has 1 N–H and O–H groups in total. The third-order valence-corrected chi connectivity index (χ3v) is 4.32. The number of likely N-dealkylation sites (tertiary alicyclic amines) is 1. The van der Waals surface area contributed by atoms with Gasteiger partial charge in [0.1, 0.15) is 0 Å². The van der Waals surface area contributed by atoms with Crippen LogP contribution in [0.2, 0.25) is 0 Å². The second-order valence-electron chi connectivity index (χ2n) is 5.76. The van der Waals surface area contributed by atoms with Crippen LogP contribution in [0.25, 0.3) is 0 Å². The summed E-state index contributed by atoms with van der Waals surface area (Å²) in [7, 11) is 0. The number of aliphatic carboxylic acids is 1. The molecule has 1 unspecified atom stereocenters. The van der Waals surface area contributed by atoms with Gasteiger partial charge in [0.15, 0.2) is 0 Å². The molecule has 0 amide bonds. The van der Waals surface area contributed by atoms with Crippen molar-refractivity contribution in [3.63, 3.8) is 0 Å². The maximum Gasteiger partial charge on any atom is 0.305 e. The van der Waals surface area contributed by atoms with Crippen LogP contribution in [-0.4, -0.2) is 29.1 Å². The highest BCUT2D eigenvalue weighted by Gasteiger charge is 2.32. The summed E-state index contributed by atoms with van der Waals surface area (Å²) >= 11 is 0. The van der Waals surface area contributed by atoms with Gasteiger partial charge < -0.3 is 5.11 Å². The first-order chi connectivity index (χ1) is 9.25. The van der Waals surface area contributed by atoms with E-state index in [1.54, 1.807) is 0 Å². The van der Waals surface area contributed by atoms with Crippen molar-refractivity contribution in [2.24, 2.45) is 0 Å². The Balaban J connectivity index is 1.91. The fourth-order valence-corrected chi connectivity index (χ4v) is 3.23. The molecule has 1 aromatic carbocycles. The Kier molecular flexibility index (Phi) is 3.56. The van der Waals surface area contributed by atoms with Crippen LogP contribution < -0.4 is 0 Å². The molecule has 0 radical (unpaired) electrons. The Morgan fingerprint density at radius 1 is 1.26 bits per heavy atom. The lowest BCUT2D eigenvalue weighted by molar-refractivity contribution is -0.138. The second kappa shape index (κ2) is 5.33. The van der Waals surface area contributed by atoms with Gasteiger partial charge in [0, 0.05) is 6.04 Å². The first kappa shape index (κ1) is 12.7. The molecule has 3 heteroatoms. The lowest BCUT2D eigenvalue weighted by Gasteiger charge is -2.28. The molecule has 0 spiro atoms. The summed E-state index contributed by atoms with van der Waals surface area (Å²) < 4.78 is 0. The van der Waals surface area contributed by atoms with Gasteiger partial charge in [-0.15, -0.1) is 0 Å². The molecular weight excluding hydrogens is 238 g/mol. The minimum Gasteiger partial charge on any atom is -0.481 e. The van der Waals surface area contributed by atoms with Crippen LogP contribution in [0, 0.1) is 0 Å². The van der Waals surface area contributed by atoms with Crippen molar-refractivity contribution in [3.8, 4) is 0 Å². The molecule has 1 atom stereocenters. The molecule has 102 valence electrons. The van der Waals surface area contributed by atoms with E-state index in [4.69, 9.17) is 0 Å². The summed E-state index contributed by atoms with van der Waals surface area (Å²) in [6.07, 6.45) is 5.14. The van der Waals surface area contributed by atoms with E-state index in [-0.39, 0.29) is 12.5 Å². The van der Waals surface area contributed by atoms with E-state index >= 15 is 0 Å². The number of carboxylic acid groups (broad SMARTS) is 1. The maximum atomic E-state index is 11.2. The topological polar surface area (TPSA) is 40.5 Å². The van der Waals surface area contributed by atoms with Gasteiger partial charge in [-0.2, -0.15) is 0 Å². The van der Waals surface area contributed by atoms with E-state index in [2.05, 4.69) is 23.1 Å². The molecule has 3 nitrogen and oxygen atoms in total. The molecule has 1 heterocycles. The van der Waals surface area contributed by atoms with E-state index < -0.39 is 5.97 Å². The van der Waals surface area contributed by atoms with Crippen molar-refractivity contribution in [1.82, 2.24) is 4.90 Å². The molecule has 1 saturated carbocycles. The predicted octanol–water partition coefficient (Wildman–Crippen LogP) is 3.18. The average Bonchev–Trinajstić information content (AvgIpc) is 3.11. The van der Waals surface area contributed by atoms with Crippen molar-refractivity contribution in [3.05, 3.63) is 35.4 Å². The molecule has 1 saturated heterocycles.